The van der Waals surface area contributed by atoms with Crippen LogP contribution in [0.3, 0.4) is 0 Å². The summed E-state index contributed by atoms with van der Waals surface area (Å²) in [6.07, 6.45) is 9.91. The van der Waals surface area contributed by atoms with Gasteiger partial charge in [-0.1, -0.05) is 56.7 Å². The number of ether oxygens (including phenoxy) is 1. The lowest BCUT2D eigenvalue weighted by Crippen LogP contribution is -2.22. The smallest absolute Gasteiger partial charge is 0.364 e. The fourth-order valence-corrected chi connectivity index (χ4v) is 6.03. The van der Waals surface area contributed by atoms with Crippen LogP contribution >= 0.6 is 7.60 Å². The molecule has 1 atom stereocenters. The van der Waals surface area contributed by atoms with Crippen LogP contribution in [0.2, 0.25) is 0 Å². The molecule has 1 aromatic carbocycles. The first-order valence-electron chi connectivity index (χ1n) is 9.90. The zero-order valence-electron chi connectivity index (χ0n) is 15.6. The predicted octanol–water partition coefficient (Wildman–Crippen LogP) is 5.58. The Balaban J connectivity index is 1.83. The molecule has 0 spiro atoms. The van der Waals surface area contributed by atoms with Gasteiger partial charge in [0.1, 0.15) is 5.75 Å². The van der Waals surface area contributed by atoms with Gasteiger partial charge in [-0.15, -0.1) is 0 Å². The molecule has 5 nitrogen and oxygen atoms in total. The largest absolute Gasteiger partial charge is 0.496 e. The van der Waals surface area contributed by atoms with Gasteiger partial charge in [-0.3, -0.25) is 4.57 Å². The Morgan fingerprint density at radius 3 is 1.92 bits per heavy atom. The van der Waals surface area contributed by atoms with Gasteiger partial charge in [-0.2, -0.15) is 0 Å². The molecule has 0 aromatic heterocycles. The van der Waals surface area contributed by atoms with Crippen molar-refractivity contribution in [3.8, 4) is 5.75 Å². The monoisotopic (exact) mass is 382 g/mol. The van der Waals surface area contributed by atoms with E-state index in [2.05, 4.69) is 0 Å². The van der Waals surface area contributed by atoms with E-state index in [0.717, 1.165) is 51.4 Å². The van der Waals surface area contributed by atoms with E-state index in [0.29, 0.717) is 11.3 Å². The third-order valence-electron chi connectivity index (χ3n) is 5.41. The van der Waals surface area contributed by atoms with E-state index in [1.54, 1.807) is 25.3 Å². The molecule has 0 bridgehead atoms. The van der Waals surface area contributed by atoms with E-state index in [-0.39, 0.29) is 12.2 Å². The van der Waals surface area contributed by atoms with Crippen LogP contribution in [0, 0.1) is 0 Å². The highest BCUT2D eigenvalue weighted by Crippen LogP contribution is 2.63. The molecule has 6 heteroatoms. The van der Waals surface area contributed by atoms with E-state index in [1.807, 2.05) is 6.07 Å². The lowest BCUT2D eigenvalue weighted by molar-refractivity contribution is 0.0540. The molecular weight excluding hydrogens is 351 g/mol. The van der Waals surface area contributed by atoms with E-state index < -0.39 is 13.4 Å². The molecule has 0 radical (unpaired) electrons. The number of hydrogen-bond donors (Lipinski definition) is 1. The van der Waals surface area contributed by atoms with Crippen molar-refractivity contribution in [1.29, 1.82) is 0 Å². The van der Waals surface area contributed by atoms with E-state index >= 15 is 0 Å². The van der Waals surface area contributed by atoms with Crippen molar-refractivity contribution in [2.75, 3.05) is 7.11 Å². The minimum absolute atomic E-state index is 0.109. The molecule has 0 unspecified atom stereocenters. The molecule has 2 aliphatic carbocycles. The molecule has 2 saturated carbocycles. The Labute approximate surface area is 156 Å². The van der Waals surface area contributed by atoms with Crippen molar-refractivity contribution in [3.63, 3.8) is 0 Å². The molecular formula is C20H31O5P. The number of hydrogen-bond acceptors (Lipinski definition) is 5. The van der Waals surface area contributed by atoms with Crippen LogP contribution in [0.5, 0.6) is 5.75 Å². The van der Waals surface area contributed by atoms with Gasteiger partial charge in [-0.05, 0) is 31.7 Å². The molecule has 1 aromatic rings. The highest BCUT2D eigenvalue weighted by molar-refractivity contribution is 7.54. The van der Waals surface area contributed by atoms with Gasteiger partial charge in [0, 0.05) is 5.56 Å². The number of aliphatic hydroxyl groups excluding tert-OH is 1. The van der Waals surface area contributed by atoms with Crippen LogP contribution < -0.4 is 4.74 Å². The van der Waals surface area contributed by atoms with Gasteiger partial charge in [0.05, 0.1) is 19.3 Å². The van der Waals surface area contributed by atoms with Gasteiger partial charge < -0.3 is 18.9 Å². The van der Waals surface area contributed by atoms with Crippen molar-refractivity contribution >= 4 is 7.60 Å². The topological polar surface area (TPSA) is 65.0 Å². The predicted molar refractivity (Wildman–Crippen MR) is 101 cm³/mol. The van der Waals surface area contributed by atoms with Crippen LogP contribution in [0.1, 0.15) is 75.6 Å². The number of benzene rings is 1. The van der Waals surface area contributed by atoms with Crippen LogP contribution in [-0.2, 0) is 13.6 Å². The molecule has 0 amide bonds. The maximum atomic E-state index is 13.8. The molecule has 26 heavy (non-hydrogen) atoms. The summed E-state index contributed by atoms with van der Waals surface area (Å²) < 4.78 is 31.2. The van der Waals surface area contributed by atoms with Crippen LogP contribution in [0.15, 0.2) is 24.3 Å². The fraction of sp³-hybridized carbons (Fsp3) is 0.700. The summed E-state index contributed by atoms with van der Waals surface area (Å²) in [6.45, 7) is 0. The number of aliphatic hydroxyl groups is 1. The quantitative estimate of drug-likeness (QED) is 0.624. The summed E-state index contributed by atoms with van der Waals surface area (Å²) in [5.41, 5.74) is 0.463. The first kappa shape index (κ1) is 19.9. The summed E-state index contributed by atoms with van der Waals surface area (Å²) in [5.74, 6) is -0.831. The zero-order chi connectivity index (χ0) is 18.4. The van der Waals surface area contributed by atoms with Crippen molar-refractivity contribution in [2.45, 2.75) is 82.3 Å². The van der Waals surface area contributed by atoms with Crippen molar-refractivity contribution in [1.82, 2.24) is 0 Å². The van der Waals surface area contributed by atoms with E-state index in [1.165, 1.54) is 12.8 Å². The summed E-state index contributed by atoms with van der Waals surface area (Å²) in [4.78, 5) is 0. The number of methoxy groups -OCH3 is 1. The average molecular weight is 382 g/mol. The zero-order valence-corrected chi connectivity index (χ0v) is 16.5. The van der Waals surface area contributed by atoms with Crippen LogP contribution in [-0.4, -0.2) is 24.4 Å². The third kappa shape index (κ3) is 4.89. The SMILES string of the molecule is COc1ccccc1[C@H](O)P(=O)(OC1CCCCC1)OC1CCCCC1. The van der Waals surface area contributed by atoms with Gasteiger partial charge in [0.15, 0.2) is 5.85 Å². The fourth-order valence-electron chi connectivity index (χ4n) is 3.95. The van der Waals surface area contributed by atoms with E-state index in [4.69, 9.17) is 13.8 Å². The molecule has 0 saturated heterocycles. The number of para-hydroxylation sites is 1. The minimum atomic E-state index is -3.73. The Bertz CT molecular complexity index is 584. The Kier molecular flexibility index (Phi) is 7.16. The van der Waals surface area contributed by atoms with Crippen LogP contribution in [0.25, 0.3) is 0 Å². The summed E-state index contributed by atoms with van der Waals surface area (Å²) in [7, 11) is -2.19. The van der Waals surface area contributed by atoms with Gasteiger partial charge in [0.2, 0.25) is 0 Å². The van der Waals surface area contributed by atoms with Crippen LogP contribution in [0.4, 0.5) is 0 Å². The second kappa shape index (κ2) is 9.36. The van der Waals surface area contributed by atoms with Crippen molar-refractivity contribution in [3.05, 3.63) is 29.8 Å². The Morgan fingerprint density at radius 1 is 0.923 bits per heavy atom. The first-order valence-corrected chi connectivity index (χ1v) is 11.5. The second-order valence-electron chi connectivity index (χ2n) is 7.39. The maximum Gasteiger partial charge on any atom is 0.364 e. The molecule has 146 valence electrons. The summed E-state index contributed by atoms with van der Waals surface area (Å²) in [6, 6.07) is 7.10. The van der Waals surface area contributed by atoms with Gasteiger partial charge in [-0.25, -0.2) is 0 Å². The highest BCUT2D eigenvalue weighted by Gasteiger charge is 2.42. The maximum absolute atomic E-state index is 13.8. The minimum Gasteiger partial charge on any atom is -0.496 e. The van der Waals surface area contributed by atoms with Gasteiger partial charge >= 0.3 is 7.60 Å². The average Bonchev–Trinajstić information content (AvgIpc) is 2.69. The molecule has 1 N–H and O–H groups in total. The lowest BCUT2D eigenvalue weighted by atomic mass is 9.98. The third-order valence-corrected chi connectivity index (χ3v) is 7.47. The van der Waals surface area contributed by atoms with E-state index in [9.17, 15) is 9.67 Å². The normalized spacial score (nSPS) is 21.5. The Hall–Kier alpha value is -0.870. The highest BCUT2D eigenvalue weighted by atomic mass is 31.2. The first-order chi connectivity index (χ1) is 12.6. The summed E-state index contributed by atoms with van der Waals surface area (Å²) >= 11 is 0. The molecule has 2 fully saturated rings. The summed E-state index contributed by atoms with van der Waals surface area (Å²) in [5, 5.41) is 11.0. The molecule has 0 heterocycles. The van der Waals surface area contributed by atoms with Crippen molar-refractivity contribution in [2.24, 2.45) is 0 Å². The molecule has 2 aliphatic rings. The Morgan fingerprint density at radius 2 is 1.42 bits per heavy atom. The van der Waals surface area contributed by atoms with Crippen molar-refractivity contribution < 1.29 is 23.5 Å². The lowest BCUT2D eigenvalue weighted by Gasteiger charge is -2.33. The molecule has 3 rings (SSSR count). The van der Waals surface area contributed by atoms with Gasteiger partial charge in [0.25, 0.3) is 0 Å². The molecule has 0 aliphatic heterocycles. The number of rotatable bonds is 7. The standard InChI is InChI=1S/C20H31O5P/c1-23-19-15-9-8-14-18(19)20(21)26(22,24-16-10-4-2-5-11-16)25-17-12-6-3-7-13-17/h8-9,14-17,20-21H,2-7,10-13H2,1H3/t20-/m1/s1. The second-order valence-corrected chi connectivity index (χ2v) is 9.38.